The molecule has 0 aromatic heterocycles. The molecule has 2 aromatic rings. The standard InChI is InChI=1S/C17H19NO3/c1-13-2-6-15(7-3-13)18-17(20)12-21-16-8-4-14(5-9-16)10-11-19/h2-9,19H,10-12H2,1H3,(H,18,20). The van der Waals surface area contributed by atoms with Crippen LogP contribution in [0.15, 0.2) is 48.5 Å². The van der Waals surface area contributed by atoms with Crippen molar-refractivity contribution in [1.29, 1.82) is 0 Å². The number of hydrogen-bond acceptors (Lipinski definition) is 3. The van der Waals surface area contributed by atoms with Gasteiger partial charge in [-0.05, 0) is 43.2 Å². The second-order valence-electron chi connectivity index (χ2n) is 4.82. The summed E-state index contributed by atoms with van der Waals surface area (Å²) in [5.74, 6) is 0.439. The van der Waals surface area contributed by atoms with E-state index in [0.717, 1.165) is 16.8 Å². The Bertz CT molecular complexity index is 576. The van der Waals surface area contributed by atoms with Gasteiger partial charge in [-0.15, -0.1) is 0 Å². The average molecular weight is 285 g/mol. The van der Waals surface area contributed by atoms with Crippen LogP contribution in [0, 0.1) is 6.92 Å². The van der Waals surface area contributed by atoms with Crippen LogP contribution in [0.3, 0.4) is 0 Å². The van der Waals surface area contributed by atoms with Gasteiger partial charge in [0.15, 0.2) is 6.61 Å². The third-order valence-electron chi connectivity index (χ3n) is 3.03. The van der Waals surface area contributed by atoms with Gasteiger partial charge in [0.25, 0.3) is 5.91 Å². The Morgan fingerprint density at radius 2 is 1.76 bits per heavy atom. The Morgan fingerprint density at radius 3 is 2.38 bits per heavy atom. The maximum Gasteiger partial charge on any atom is 0.262 e. The molecule has 0 aliphatic rings. The summed E-state index contributed by atoms with van der Waals surface area (Å²) in [4.78, 5) is 11.8. The lowest BCUT2D eigenvalue weighted by Gasteiger charge is -2.08. The maximum atomic E-state index is 11.8. The quantitative estimate of drug-likeness (QED) is 0.857. The third-order valence-corrected chi connectivity index (χ3v) is 3.03. The van der Waals surface area contributed by atoms with Gasteiger partial charge in [0.1, 0.15) is 5.75 Å². The topological polar surface area (TPSA) is 58.6 Å². The Hall–Kier alpha value is -2.33. The Morgan fingerprint density at radius 1 is 1.10 bits per heavy atom. The maximum absolute atomic E-state index is 11.8. The van der Waals surface area contributed by atoms with E-state index >= 15 is 0 Å². The fourth-order valence-corrected chi connectivity index (χ4v) is 1.86. The van der Waals surface area contributed by atoms with Crippen molar-refractivity contribution in [2.45, 2.75) is 13.3 Å². The predicted octanol–water partition coefficient (Wildman–Crippen LogP) is 2.55. The minimum Gasteiger partial charge on any atom is -0.484 e. The van der Waals surface area contributed by atoms with E-state index in [9.17, 15) is 4.79 Å². The number of hydrogen-bond donors (Lipinski definition) is 2. The van der Waals surface area contributed by atoms with Gasteiger partial charge in [0.2, 0.25) is 0 Å². The van der Waals surface area contributed by atoms with Crippen LogP contribution in [0.25, 0.3) is 0 Å². The summed E-state index contributed by atoms with van der Waals surface area (Å²) in [7, 11) is 0. The highest BCUT2D eigenvalue weighted by Gasteiger charge is 2.03. The van der Waals surface area contributed by atoms with Crippen LogP contribution >= 0.6 is 0 Å². The molecule has 2 rings (SSSR count). The molecule has 0 radical (unpaired) electrons. The minimum absolute atomic E-state index is 0.0345. The molecule has 0 heterocycles. The predicted molar refractivity (Wildman–Crippen MR) is 82.5 cm³/mol. The summed E-state index contributed by atoms with van der Waals surface area (Å²) >= 11 is 0. The van der Waals surface area contributed by atoms with Crippen LogP contribution in [-0.4, -0.2) is 24.2 Å². The van der Waals surface area contributed by atoms with E-state index in [1.54, 1.807) is 12.1 Å². The fraction of sp³-hybridized carbons (Fsp3) is 0.235. The highest BCUT2D eigenvalue weighted by atomic mass is 16.5. The van der Waals surface area contributed by atoms with Crippen LogP contribution in [0.2, 0.25) is 0 Å². The van der Waals surface area contributed by atoms with Crippen molar-refractivity contribution < 1.29 is 14.6 Å². The lowest BCUT2D eigenvalue weighted by molar-refractivity contribution is -0.118. The number of amides is 1. The summed E-state index contributed by atoms with van der Waals surface area (Å²) in [6.07, 6.45) is 0.619. The van der Waals surface area contributed by atoms with Gasteiger partial charge in [-0.2, -0.15) is 0 Å². The lowest BCUT2D eigenvalue weighted by atomic mass is 10.1. The van der Waals surface area contributed by atoms with E-state index in [-0.39, 0.29) is 19.1 Å². The van der Waals surface area contributed by atoms with Gasteiger partial charge in [0.05, 0.1) is 0 Å². The molecule has 0 bridgehead atoms. The number of aryl methyl sites for hydroxylation is 1. The highest BCUT2D eigenvalue weighted by Crippen LogP contribution is 2.13. The summed E-state index contributed by atoms with van der Waals surface area (Å²) in [5.41, 5.74) is 2.94. The van der Waals surface area contributed by atoms with Crippen LogP contribution in [0.4, 0.5) is 5.69 Å². The van der Waals surface area contributed by atoms with E-state index in [1.165, 1.54) is 0 Å². The van der Waals surface area contributed by atoms with Gasteiger partial charge in [-0.3, -0.25) is 4.79 Å². The summed E-state index contributed by atoms with van der Waals surface area (Å²) < 4.78 is 5.42. The van der Waals surface area contributed by atoms with Crippen molar-refractivity contribution in [3.8, 4) is 5.75 Å². The molecule has 0 saturated heterocycles. The highest BCUT2D eigenvalue weighted by molar-refractivity contribution is 5.91. The van der Waals surface area contributed by atoms with Crippen molar-refractivity contribution in [2.24, 2.45) is 0 Å². The van der Waals surface area contributed by atoms with E-state index in [0.29, 0.717) is 12.2 Å². The first-order valence-corrected chi connectivity index (χ1v) is 6.86. The number of rotatable bonds is 6. The largest absolute Gasteiger partial charge is 0.484 e. The van der Waals surface area contributed by atoms with Crippen LogP contribution in [0.5, 0.6) is 5.75 Å². The molecule has 0 saturated carbocycles. The second-order valence-corrected chi connectivity index (χ2v) is 4.82. The number of anilines is 1. The second kappa shape index (κ2) is 7.45. The van der Waals surface area contributed by atoms with Crippen molar-refractivity contribution in [3.05, 3.63) is 59.7 Å². The number of aliphatic hydroxyl groups is 1. The van der Waals surface area contributed by atoms with Crippen molar-refractivity contribution in [2.75, 3.05) is 18.5 Å². The number of carbonyl (C=O) groups excluding carboxylic acids is 1. The molecule has 1 amide bonds. The molecule has 0 atom stereocenters. The molecule has 0 spiro atoms. The van der Waals surface area contributed by atoms with E-state index in [4.69, 9.17) is 9.84 Å². The number of carbonyl (C=O) groups is 1. The van der Waals surface area contributed by atoms with Crippen LogP contribution in [-0.2, 0) is 11.2 Å². The molecule has 110 valence electrons. The number of benzene rings is 2. The molecule has 2 N–H and O–H groups in total. The van der Waals surface area contributed by atoms with Gasteiger partial charge < -0.3 is 15.2 Å². The van der Waals surface area contributed by atoms with Crippen molar-refractivity contribution in [3.63, 3.8) is 0 Å². The SMILES string of the molecule is Cc1ccc(NC(=O)COc2ccc(CCO)cc2)cc1. The Kier molecular flexibility index (Phi) is 5.35. The van der Waals surface area contributed by atoms with E-state index in [2.05, 4.69) is 5.32 Å². The van der Waals surface area contributed by atoms with Gasteiger partial charge in [-0.1, -0.05) is 29.8 Å². The average Bonchev–Trinajstić information content (AvgIpc) is 2.49. The zero-order chi connectivity index (χ0) is 15.1. The number of aliphatic hydroxyl groups excluding tert-OH is 1. The number of ether oxygens (including phenoxy) is 1. The molecular formula is C17H19NO3. The molecule has 0 aliphatic heterocycles. The normalized spacial score (nSPS) is 10.2. The molecule has 21 heavy (non-hydrogen) atoms. The first-order chi connectivity index (χ1) is 10.2. The van der Waals surface area contributed by atoms with Crippen LogP contribution in [0.1, 0.15) is 11.1 Å². The first-order valence-electron chi connectivity index (χ1n) is 6.86. The Balaban J connectivity index is 1.81. The van der Waals surface area contributed by atoms with Gasteiger partial charge in [-0.25, -0.2) is 0 Å². The molecular weight excluding hydrogens is 266 g/mol. The van der Waals surface area contributed by atoms with E-state index < -0.39 is 0 Å². The summed E-state index contributed by atoms with van der Waals surface area (Å²) in [6, 6.07) is 14.9. The third kappa shape index (κ3) is 4.93. The zero-order valence-electron chi connectivity index (χ0n) is 12.0. The molecule has 4 nitrogen and oxygen atoms in total. The Labute approximate surface area is 124 Å². The molecule has 0 aliphatic carbocycles. The molecule has 0 unspecified atom stereocenters. The first kappa shape index (κ1) is 15.1. The number of nitrogens with one attached hydrogen (secondary N) is 1. The van der Waals surface area contributed by atoms with E-state index in [1.807, 2.05) is 43.3 Å². The smallest absolute Gasteiger partial charge is 0.262 e. The zero-order valence-corrected chi connectivity index (χ0v) is 12.0. The fourth-order valence-electron chi connectivity index (χ4n) is 1.86. The van der Waals surface area contributed by atoms with Gasteiger partial charge >= 0.3 is 0 Å². The lowest BCUT2D eigenvalue weighted by Crippen LogP contribution is -2.20. The minimum atomic E-state index is -0.196. The molecule has 2 aromatic carbocycles. The van der Waals surface area contributed by atoms with Crippen LogP contribution < -0.4 is 10.1 Å². The monoisotopic (exact) mass is 285 g/mol. The van der Waals surface area contributed by atoms with Gasteiger partial charge in [0, 0.05) is 12.3 Å². The molecule has 0 fully saturated rings. The van der Waals surface area contributed by atoms with Crippen molar-refractivity contribution in [1.82, 2.24) is 0 Å². The molecule has 4 heteroatoms. The van der Waals surface area contributed by atoms with Crippen molar-refractivity contribution >= 4 is 11.6 Å². The summed E-state index contributed by atoms with van der Waals surface area (Å²) in [5, 5.41) is 11.6. The summed E-state index contributed by atoms with van der Waals surface area (Å²) in [6.45, 7) is 2.08.